The molecule has 2 N–H and O–H groups in total. The van der Waals surface area contributed by atoms with E-state index in [0.29, 0.717) is 25.1 Å². The van der Waals surface area contributed by atoms with Gasteiger partial charge in [-0.1, -0.05) is 51.1 Å². The third kappa shape index (κ3) is 6.63. The minimum absolute atomic E-state index is 0.0796. The molecule has 0 spiro atoms. The number of hydrogen-bond donors (Lipinski definition) is 2. The second-order valence-electron chi connectivity index (χ2n) is 8.97. The lowest BCUT2D eigenvalue weighted by atomic mass is 9.86. The van der Waals surface area contributed by atoms with Crippen LogP contribution in [-0.4, -0.2) is 40.1 Å². The highest BCUT2D eigenvalue weighted by Gasteiger charge is 2.21. The Morgan fingerprint density at radius 1 is 1.13 bits per heavy atom. The number of carbonyl (C=O) groups is 1. The van der Waals surface area contributed by atoms with Gasteiger partial charge in [-0.3, -0.25) is 4.79 Å². The first kappa shape index (κ1) is 23.4. The first-order valence-electron chi connectivity index (χ1n) is 10.7. The molecule has 1 aliphatic rings. The van der Waals surface area contributed by atoms with E-state index in [1.54, 1.807) is 12.1 Å². The van der Waals surface area contributed by atoms with E-state index < -0.39 is 10.0 Å². The standard InChI is InChI=1S/C24H32N2O4S/c1-24(2,3)20-11-9-18(10-12-20)13-14-25-23(27)19-6-4-8-22(16-19)31(28,29)26-17-21-7-5-15-30-21/h4,6,8-12,16,21,26H,5,7,13-15,17H2,1-3H3,(H,25,27). The van der Waals surface area contributed by atoms with Crippen molar-refractivity contribution in [1.82, 2.24) is 10.0 Å². The summed E-state index contributed by atoms with van der Waals surface area (Å²) in [5.41, 5.74) is 2.84. The fourth-order valence-corrected chi connectivity index (χ4v) is 4.60. The van der Waals surface area contributed by atoms with Crippen LogP contribution >= 0.6 is 0 Å². The van der Waals surface area contributed by atoms with Crippen molar-refractivity contribution in [1.29, 1.82) is 0 Å². The SMILES string of the molecule is CC(C)(C)c1ccc(CCNC(=O)c2cccc(S(=O)(=O)NCC3CCCO3)c2)cc1. The van der Waals surface area contributed by atoms with E-state index in [4.69, 9.17) is 4.74 Å². The van der Waals surface area contributed by atoms with Gasteiger partial charge in [0.25, 0.3) is 5.91 Å². The van der Waals surface area contributed by atoms with Crippen LogP contribution in [0.4, 0.5) is 0 Å². The zero-order valence-corrected chi connectivity index (χ0v) is 19.3. The van der Waals surface area contributed by atoms with Gasteiger partial charge in [-0.25, -0.2) is 13.1 Å². The van der Waals surface area contributed by atoms with Crippen LogP contribution in [-0.2, 0) is 26.6 Å². The maximum Gasteiger partial charge on any atom is 0.251 e. The molecule has 0 bridgehead atoms. The fourth-order valence-electron chi connectivity index (χ4n) is 3.49. The van der Waals surface area contributed by atoms with Gasteiger partial charge in [-0.2, -0.15) is 0 Å². The summed E-state index contributed by atoms with van der Waals surface area (Å²) in [6.07, 6.45) is 2.42. The monoisotopic (exact) mass is 444 g/mol. The summed E-state index contributed by atoms with van der Waals surface area (Å²) in [5.74, 6) is -0.289. The quantitative estimate of drug-likeness (QED) is 0.653. The lowest BCUT2D eigenvalue weighted by Gasteiger charge is -2.19. The lowest BCUT2D eigenvalue weighted by molar-refractivity contribution is 0.0954. The van der Waals surface area contributed by atoms with Gasteiger partial charge in [-0.15, -0.1) is 0 Å². The molecule has 2 aromatic rings. The summed E-state index contributed by atoms with van der Waals surface area (Å²) in [5, 5.41) is 2.87. The van der Waals surface area contributed by atoms with Crippen LogP contribution in [0, 0.1) is 0 Å². The van der Waals surface area contributed by atoms with Crippen LogP contribution < -0.4 is 10.0 Å². The second-order valence-corrected chi connectivity index (χ2v) is 10.7. The molecule has 1 fully saturated rings. The second kappa shape index (κ2) is 9.94. The third-order valence-electron chi connectivity index (χ3n) is 5.45. The Hall–Kier alpha value is -2.22. The molecule has 0 aromatic heterocycles. The number of sulfonamides is 1. The van der Waals surface area contributed by atoms with Crippen molar-refractivity contribution < 1.29 is 17.9 Å². The molecule has 3 rings (SSSR count). The van der Waals surface area contributed by atoms with Gasteiger partial charge in [0.15, 0.2) is 0 Å². The number of benzene rings is 2. The Bertz CT molecular complexity index is 989. The highest BCUT2D eigenvalue weighted by Crippen LogP contribution is 2.22. The van der Waals surface area contributed by atoms with Crippen LogP contribution in [0.1, 0.15) is 55.1 Å². The van der Waals surface area contributed by atoms with E-state index in [2.05, 4.69) is 55.1 Å². The van der Waals surface area contributed by atoms with Gasteiger partial charge in [0, 0.05) is 25.3 Å². The van der Waals surface area contributed by atoms with Crippen LogP contribution in [0.15, 0.2) is 53.4 Å². The first-order chi connectivity index (χ1) is 14.6. The zero-order chi connectivity index (χ0) is 22.5. The maximum absolute atomic E-state index is 12.6. The summed E-state index contributed by atoms with van der Waals surface area (Å²) in [6, 6.07) is 14.5. The third-order valence-corrected chi connectivity index (χ3v) is 6.87. The molecule has 6 nitrogen and oxygen atoms in total. The minimum atomic E-state index is -3.69. The normalized spacial score (nSPS) is 16.9. The molecule has 1 atom stereocenters. The molecule has 31 heavy (non-hydrogen) atoms. The number of hydrogen-bond acceptors (Lipinski definition) is 4. The smallest absolute Gasteiger partial charge is 0.251 e. The van der Waals surface area contributed by atoms with Crippen molar-refractivity contribution in [2.75, 3.05) is 19.7 Å². The Morgan fingerprint density at radius 2 is 1.87 bits per heavy atom. The van der Waals surface area contributed by atoms with Gasteiger partial charge in [0.05, 0.1) is 11.0 Å². The van der Waals surface area contributed by atoms with E-state index in [9.17, 15) is 13.2 Å². The molecule has 1 heterocycles. The first-order valence-corrected chi connectivity index (χ1v) is 12.2. The van der Waals surface area contributed by atoms with E-state index >= 15 is 0 Å². The summed E-state index contributed by atoms with van der Waals surface area (Å²) in [6.45, 7) is 7.91. The predicted octanol–water partition coefficient (Wildman–Crippen LogP) is 3.41. The molecule has 7 heteroatoms. The number of ether oxygens (including phenoxy) is 1. The Kier molecular flexibility index (Phi) is 7.51. The van der Waals surface area contributed by atoms with E-state index in [1.165, 1.54) is 17.7 Å². The highest BCUT2D eigenvalue weighted by atomic mass is 32.2. The summed E-state index contributed by atoms with van der Waals surface area (Å²) in [7, 11) is -3.69. The van der Waals surface area contributed by atoms with Gasteiger partial charge in [0.2, 0.25) is 10.0 Å². The topological polar surface area (TPSA) is 84.5 Å². The van der Waals surface area contributed by atoms with Gasteiger partial charge < -0.3 is 10.1 Å². The van der Waals surface area contributed by atoms with Crippen molar-refractivity contribution >= 4 is 15.9 Å². The Labute approximate surface area is 185 Å². The minimum Gasteiger partial charge on any atom is -0.377 e. The summed E-state index contributed by atoms with van der Waals surface area (Å²) >= 11 is 0. The van der Waals surface area contributed by atoms with Crippen molar-refractivity contribution in [3.63, 3.8) is 0 Å². The predicted molar refractivity (Wildman–Crippen MR) is 122 cm³/mol. The van der Waals surface area contributed by atoms with Crippen LogP contribution in [0.3, 0.4) is 0 Å². The highest BCUT2D eigenvalue weighted by molar-refractivity contribution is 7.89. The average Bonchev–Trinajstić information content (AvgIpc) is 3.26. The number of nitrogens with one attached hydrogen (secondary N) is 2. The molecule has 1 amide bonds. The molecule has 0 saturated carbocycles. The van der Waals surface area contributed by atoms with Crippen molar-refractivity contribution in [2.24, 2.45) is 0 Å². The number of amides is 1. The largest absolute Gasteiger partial charge is 0.377 e. The van der Waals surface area contributed by atoms with Gasteiger partial charge >= 0.3 is 0 Å². The number of carbonyl (C=O) groups excluding carboxylic acids is 1. The fraction of sp³-hybridized carbons (Fsp3) is 0.458. The van der Waals surface area contributed by atoms with E-state index in [-0.39, 0.29) is 28.9 Å². The maximum atomic E-state index is 12.6. The van der Waals surface area contributed by atoms with Gasteiger partial charge in [-0.05, 0) is 54.0 Å². The molecule has 0 radical (unpaired) electrons. The van der Waals surface area contributed by atoms with Crippen LogP contribution in [0.2, 0.25) is 0 Å². The number of rotatable bonds is 8. The lowest BCUT2D eigenvalue weighted by Crippen LogP contribution is -2.32. The molecule has 1 unspecified atom stereocenters. The summed E-state index contributed by atoms with van der Waals surface area (Å²) in [4.78, 5) is 12.6. The molecule has 1 aliphatic heterocycles. The zero-order valence-electron chi connectivity index (χ0n) is 18.5. The van der Waals surface area contributed by atoms with Crippen LogP contribution in [0.5, 0.6) is 0 Å². The van der Waals surface area contributed by atoms with Gasteiger partial charge in [0.1, 0.15) is 0 Å². The molecule has 168 valence electrons. The molecule has 1 saturated heterocycles. The molecule has 0 aliphatic carbocycles. The van der Waals surface area contributed by atoms with E-state index in [0.717, 1.165) is 18.4 Å². The van der Waals surface area contributed by atoms with E-state index in [1.807, 2.05) is 0 Å². The van der Waals surface area contributed by atoms with Crippen molar-refractivity contribution in [2.45, 2.75) is 56.4 Å². The van der Waals surface area contributed by atoms with Crippen molar-refractivity contribution in [3.05, 3.63) is 65.2 Å². The van der Waals surface area contributed by atoms with Crippen LogP contribution in [0.25, 0.3) is 0 Å². The molecule has 2 aromatic carbocycles. The Morgan fingerprint density at radius 3 is 2.52 bits per heavy atom. The molecular formula is C24H32N2O4S. The Balaban J connectivity index is 1.54. The van der Waals surface area contributed by atoms with Crippen molar-refractivity contribution in [3.8, 4) is 0 Å². The average molecular weight is 445 g/mol. The molecular weight excluding hydrogens is 412 g/mol. The summed E-state index contributed by atoms with van der Waals surface area (Å²) < 4.78 is 33.2.